The summed E-state index contributed by atoms with van der Waals surface area (Å²) in [6.45, 7) is 2.34. The molecule has 0 aliphatic heterocycles. The number of aromatic nitrogens is 2. The topological polar surface area (TPSA) is 50.2 Å². The molecule has 20 heavy (non-hydrogen) atoms. The summed E-state index contributed by atoms with van der Waals surface area (Å²) in [6, 6.07) is 5.51. The molecule has 0 aliphatic carbocycles. The molecule has 1 heterocycles. The lowest BCUT2D eigenvalue weighted by molar-refractivity contribution is 0.220. The zero-order valence-electron chi connectivity index (χ0n) is 11.7. The fourth-order valence-corrected chi connectivity index (χ4v) is 1.92. The van der Waals surface area contributed by atoms with Crippen molar-refractivity contribution in [3.63, 3.8) is 0 Å². The van der Waals surface area contributed by atoms with E-state index in [9.17, 15) is 9.18 Å². The maximum atomic E-state index is 13.0. The summed E-state index contributed by atoms with van der Waals surface area (Å²) in [5.74, 6) is -0.381. The molecule has 2 rings (SSSR count). The van der Waals surface area contributed by atoms with Crippen LogP contribution in [0.4, 0.5) is 14.9 Å². The van der Waals surface area contributed by atoms with Gasteiger partial charge >= 0.3 is 6.03 Å². The van der Waals surface area contributed by atoms with Crippen molar-refractivity contribution in [2.45, 2.75) is 13.5 Å². The number of urea groups is 1. The Morgan fingerprint density at radius 3 is 2.85 bits per heavy atom. The highest BCUT2D eigenvalue weighted by Crippen LogP contribution is 2.12. The summed E-state index contributed by atoms with van der Waals surface area (Å²) >= 11 is 0. The van der Waals surface area contributed by atoms with E-state index < -0.39 is 0 Å². The average molecular weight is 276 g/mol. The number of rotatable bonds is 3. The Hall–Kier alpha value is -2.37. The Labute approximate surface area is 117 Å². The van der Waals surface area contributed by atoms with Gasteiger partial charge in [-0.15, -0.1) is 0 Å². The highest BCUT2D eigenvalue weighted by atomic mass is 19.1. The second-order valence-electron chi connectivity index (χ2n) is 4.71. The van der Waals surface area contributed by atoms with Crippen LogP contribution in [0.25, 0.3) is 0 Å². The van der Waals surface area contributed by atoms with Crippen LogP contribution in [0.1, 0.15) is 11.3 Å². The van der Waals surface area contributed by atoms with Crippen molar-refractivity contribution in [3.05, 3.63) is 47.5 Å². The monoisotopic (exact) mass is 276 g/mol. The number of aryl methyl sites for hydroxylation is 2. The Morgan fingerprint density at radius 1 is 1.50 bits per heavy atom. The second kappa shape index (κ2) is 5.73. The van der Waals surface area contributed by atoms with Crippen LogP contribution in [0.2, 0.25) is 0 Å². The molecule has 0 atom stereocenters. The molecule has 2 amide bonds. The number of hydrogen-bond acceptors (Lipinski definition) is 2. The summed E-state index contributed by atoms with van der Waals surface area (Å²) in [7, 11) is 3.52. The van der Waals surface area contributed by atoms with Gasteiger partial charge in [-0.25, -0.2) is 9.18 Å². The lowest BCUT2D eigenvalue weighted by Gasteiger charge is -2.17. The predicted octanol–water partition coefficient (Wildman–Crippen LogP) is 2.53. The third-order valence-corrected chi connectivity index (χ3v) is 2.95. The van der Waals surface area contributed by atoms with Crippen LogP contribution >= 0.6 is 0 Å². The molecule has 0 radical (unpaired) electrons. The molecule has 0 saturated carbocycles. The number of amides is 2. The van der Waals surface area contributed by atoms with Crippen LogP contribution in [-0.2, 0) is 13.6 Å². The van der Waals surface area contributed by atoms with Gasteiger partial charge in [0.15, 0.2) is 0 Å². The molecule has 1 aromatic carbocycles. The molecule has 5 nitrogen and oxygen atoms in total. The lowest BCUT2D eigenvalue weighted by Crippen LogP contribution is -2.30. The minimum Gasteiger partial charge on any atom is -0.323 e. The van der Waals surface area contributed by atoms with Gasteiger partial charge in [0.2, 0.25) is 0 Å². The molecule has 0 spiro atoms. The molecule has 6 heteroatoms. The first-order valence-corrected chi connectivity index (χ1v) is 6.22. The molecule has 0 saturated heterocycles. The molecular formula is C14H17FN4O. The maximum Gasteiger partial charge on any atom is 0.321 e. The number of nitrogens with one attached hydrogen (secondary N) is 1. The quantitative estimate of drug-likeness (QED) is 0.936. The first-order chi connectivity index (χ1) is 9.45. The minimum absolute atomic E-state index is 0.293. The van der Waals surface area contributed by atoms with E-state index in [0.717, 1.165) is 11.3 Å². The second-order valence-corrected chi connectivity index (χ2v) is 4.71. The summed E-state index contributed by atoms with van der Waals surface area (Å²) in [5.41, 5.74) is 2.30. The van der Waals surface area contributed by atoms with E-state index in [2.05, 4.69) is 10.4 Å². The van der Waals surface area contributed by atoms with Crippen LogP contribution < -0.4 is 5.32 Å². The van der Waals surface area contributed by atoms with E-state index in [1.807, 2.05) is 20.2 Å². The molecule has 1 N–H and O–H groups in total. The highest BCUT2D eigenvalue weighted by molar-refractivity contribution is 5.89. The van der Waals surface area contributed by atoms with Crippen LogP contribution in [0.15, 0.2) is 30.5 Å². The van der Waals surface area contributed by atoms with Crippen molar-refractivity contribution < 1.29 is 9.18 Å². The van der Waals surface area contributed by atoms with Crippen LogP contribution in [0.5, 0.6) is 0 Å². The van der Waals surface area contributed by atoms with Gasteiger partial charge in [-0.1, -0.05) is 6.07 Å². The number of halogens is 1. The number of carbonyl (C=O) groups excluding carboxylic acids is 1. The van der Waals surface area contributed by atoms with E-state index in [1.165, 1.54) is 17.0 Å². The molecule has 106 valence electrons. The van der Waals surface area contributed by atoms with Crippen LogP contribution in [-0.4, -0.2) is 27.8 Å². The molecular weight excluding hydrogens is 259 g/mol. The molecule has 2 aromatic rings. The van der Waals surface area contributed by atoms with Gasteiger partial charge in [0.25, 0.3) is 0 Å². The van der Waals surface area contributed by atoms with Gasteiger partial charge in [0, 0.05) is 31.5 Å². The number of nitrogens with zero attached hydrogens (tertiary/aromatic N) is 3. The van der Waals surface area contributed by atoms with E-state index in [-0.39, 0.29) is 11.8 Å². The van der Waals surface area contributed by atoms with Crippen LogP contribution in [0, 0.1) is 12.7 Å². The summed E-state index contributed by atoms with van der Waals surface area (Å²) in [6.07, 6.45) is 1.88. The van der Waals surface area contributed by atoms with E-state index in [1.54, 1.807) is 23.9 Å². The Bertz CT molecular complexity index is 623. The van der Waals surface area contributed by atoms with Gasteiger partial charge in [0.1, 0.15) is 5.82 Å². The number of carbonyl (C=O) groups is 1. The van der Waals surface area contributed by atoms with Crippen molar-refractivity contribution >= 4 is 11.7 Å². The highest BCUT2D eigenvalue weighted by Gasteiger charge is 2.12. The molecule has 1 aromatic heterocycles. The Balaban J connectivity index is 2.00. The Morgan fingerprint density at radius 2 is 2.25 bits per heavy atom. The van der Waals surface area contributed by atoms with Crippen molar-refractivity contribution in [3.8, 4) is 0 Å². The first-order valence-electron chi connectivity index (χ1n) is 6.22. The molecule has 0 unspecified atom stereocenters. The Kier molecular flexibility index (Phi) is 4.02. The maximum absolute atomic E-state index is 13.0. The van der Waals surface area contributed by atoms with E-state index in [4.69, 9.17) is 0 Å². The fourth-order valence-electron chi connectivity index (χ4n) is 1.92. The number of anilines is 1. The lowest BCUT2D eigenvalue weighted by atomic mass is 10.2. The van der Waals surface area contributed by atoms with Gasteiger partial charge in [-0.3, -0.25) is 4.68 Å². The molecule has 0 fully saturated rings. The zero-order chi connectivity index (χ0) is 14.7. The van der Waals surface area contributed by atoms with Crippen molar-refractivity contribution in [2.75, 3.05) is 12.4 Å². The van der Waals surface area contributed by atoms with Gasteiger partial charge in [-0.05, 0) is 25.1 Å². The number of hydrogen-bond donors (Lipinski definition) is 1. The van der Waals surface area contributed by atoms with Crippen LogP contribution in [0.3, 0.4) is 0 Å². The van der Waals surface area contributed by atoms with Crippen molar-refractivity contribution in [1.29, 1.82) is 0 Å². The fraction of sp³-hybridized carbons (Fsp3) is 0.286. The van der Waals surface area contributed by atoms with Crippen molar-refractivity contribution in [1.82, 2.24) is 14.7 Å². The predicted molar refractivity (Wildman–Crippen MR) is 74.8 cm³/mol. The third kappa shape index (κ3) is 3.34. The van der Waals surface area contributed by atoms with Crippen molar-refractivity contribution in [2.24, 2.45) is 7.05 Å². The van der Waals surface area contributed by atoms with Gasteiger partial charge in [0.05, 0.1) is 12.2 Å². The summed E-state index contributed by atoms with van der Waals surface area (Å²) in [4.78, 5) is 13.5. The average Bonchev–Trinajstić information content (AvgIpc) is 2.67. The van der Waals surface area contributed by atoms with Gasteiger partial charge in [-0.2, -0.15) is 5.10 Å². The van der Waals surface area contributed by atoms with E-state index in [0.29, 0.717) is 12.2 Å². The smallest absolute Gasteiger partial charge is 0.321 e. The molecule has 0 aliphatic rings. The third-order valence-electron chi connectivity index (χ3n) is 2.95. The minimum atomic E-state index is -0.381. The number of benzene rings is 1. The zero-order valence-corrected chi connectivity index (χ0v) is 11.7. The summed E-state index contributed by atoms with van der Waals surface area (Å²) < 4.78 is 14.8. The summed E-state index contributed by atoms with van der Waals surface area (Å²) in [5, 5.41) is 6.88. The van der Waals surface area contributed by atoms with E-state index >= 15 is 0 Å². The SMILES string of the molecule is Cc1nn(C)cc1CN(C)C(=O)Nc1cccc(F)c1. The largest absolute Gasteiger partial charge is 0.323 e. The van der Waals surface area contributed by atoms with Gasteiger partial charge < -0.3 is 10.2 Å². The molecule has 0 bridgehead atoms. The first kappa shape index (κ1) is 14.0. The normalized spacial score (nSPS) is 10.4. The standard InChI is InChI=1S/C14H17FN4O/c1-10-11(9-19(3)17-10)8-18(2)14(20)16-13-6-4-5-12(15)7-13/h4-7,9H,8H2,1-3H3,(H,16,20).